The Morgan fingerprint density at radius 2 is 1.47 bits per heavy atom. The molecule has 0 heterocycles. The van der Waals surface area contributed by atoms with Crippen LogP contribution in [0.2, 0.25) is 0 Å². The third kappa shape index (κ3) is 4.50. The van der Waals surface area contributed by atoms with Crippen LogP contribution in [-0.2, 0) is 14.9 Å². The molecule has 0 spiro atoms. The Kier molecular flexibility index (Phi) is 4.74. The number of primary amides is 2. The van der Waals surface area contributed by atoms with E-state index in [2.05, 4.69) is 0 Å². The van der Waals surface area contributed by atoms with Gasteiger partial charge in [0.25, 0.3) is 0 Å². The molecule has 6 heteroatoms. The molecule has 19 heavy (non-hydrogen) atoms. The number of amides is 2. The molecule has 104 valence electrons. The minimum Gasteiger partial charge on any atom is -0.449 e. The monoisotopic (exact) mass is 266 g/mol. The first-order valence-electron chi connectivity index (χ1n) is 5.75. The number of aryl methyl sites for hydroxylation is 1. The maximum atomic E-state index is 10.7. The molecule has 6 nitrogen and oxygen atoms in total. The zero-order valence-corrected chi connectivity index (χ0v) is 11.0. The van der Waals surface area contributed by atoms with Crippen molar-refractivity contribution in [2.75, 3.05) is 13.2 Å². The van der Waals surface area contributed by atoms with E-state index < -0.39 is 17.6 Å². The highest BCUT2D eigenvalue weighted by molar-refractivity contribution is 5.65. The van der Waals surface area contributed by atoms with Crippen LogP contribution in [0.5, 0.6) is 0 Å². The molecule has 2 amide bonds. The van der Waals surface area contributed by atoms with Crippen molar-refractivity contribution in [3.05, 3.63) is 35.4 Å². The molecule has 0 radical (unpaired) electrons. The molecule has 0 aliphatic rings. The zero-order chi connectivity index (χ0) is 14.5. The number of nitrogens with two attached hydrogens (primary N) is 2. The van der Waals surface area contributed by atoms with Gasteiger partial charge in [0.1, 0.15) is 13.2 Å². The Labute approximate surface area is 111 Å². The number of hydrogen-bond donors (Lipinski definition) is 2. The third-order valence-electron chi connectivity index (χ3n) is 2.81. The SMILES string of the molecule is Cc1ccc(C(C)(COC(N)=O)COC(N)=O)cc1. The van der Waals surface area contributed by atoms with Crippen molar-refractivity contribution in [3.8, 4) is 0 Å². The van der Waals surface area contributed by atoms with E-state index in [0.717, 1.165) is 11.1 Å². The fraction of sp³-hybridized carbons (Fsp3) is 0.385. The lowest BCUT2D eigenvalue weighted by Gasteiger charge is -2.28. The van der Waals surface area contributed by atoms with Crippen LogP contribution in [0.3, 0.4) is 0 Å². The Morgan fingerprint density at radius 1 is 1.05 bits per heavy atom. The van der Waals surface area contributed by atoms with Crippen LogP contribution in [0.15, 0.2) is 24.3 Å². The summed E-state index contributed by atoms with van der Waals surface area (Å²) in [6.07, 6.45) is -1.75. The van der Waals surface area contributed by atoms with Crippen molar-refractivity contribution in [3.63, 3.8) is 0 Å². The molecule has 0 unspecified atom stereocenters. The predicted octanol–water partition coefficient (Wildman–Crippen LogP) is 1.44. The standard InChI is InChI=1S/C13H18N2O4/c1-9-3-5-10(6-4-9)13(2,7-18-11(14)16)8-19-12(15)17/h3-6H,7-8H2,1-2H3,(H2,14,16)(H2,15,17). The highest BCUT2D eigenvalue weighted by Crippen LogP contribution is 2.25. The molecule has 1 rings (SSSR count). The molecule has 0 saturated carbocycles. The summed E-state index contributed by atoms with van der Waals surface area (Å²) in [5.74, 6) is 0. The van der Waals surface area contributed by atoms with Crippen LogP contribution < -0.4 is 11.5 Å². The number of carbonyl (C=O) groups excluding carboxylic acids is 2. The molecule has 0 aliphatic carbocycles. The summed E-state index contributed by atoms with van der Waals surface area (Å²) in [6, 6.07) is 7.60. The van der Waals surface area contributed by atoms with Gasteiger partial charge in [-0.15, -0.1) is 0 Å². The number of rotatable bonds is 5. The molecule has 0 fully saturated rings. The maximum Gasteiger partial charge on any atom is 0.404 e. The summed E-state index contributed by atoms with van der Waals surface area (Å²) < 4.78 is 9.66. The van der Waals surface area contributed by atoms with E-state index in [-0.39, 0.29) is 13.2 Å². The lowest BCUT2D eigenvalue weighted by Crippen LogP contribution is -2.37. The highest BCUT2D eigenvalue weighted by Gasteiger charge is 2.30. The molecular formula is C13H18N2O4. The van der Waals surface area contributed by atoms with Gasteiger partial charge in [-0.2, -0.15) is 0 Å². The summed E-state index contributed by atoms with van der Waals surface area (Å²) in [4.78, 5) is 21.5. The van der Waals surface area contributed by atoms with Gasteiger partial charge in [-0.3, -0.25) is 0 Å². The van der Waals surface area contributed by atoms with Gasteiger partial charge < -0.3 is 20.9 Å². The average molecular weight is 266 g/mol. The van der Waals surface area contributed by atoms with Crippen molar-refractivity contribution in [1.82, 2.24) is 0 Å². The first-order valence-corrected chi connectivity index (χ1v) is 5.75. The molecule has 0 bridgehead atoms. The van der Waals surface area contributed by atoms with E-state index in [1.54, 1.807) is 6.92 Å². The van der Waals surface area contributed by atoms with Crippen molar-refractivity contribution < 1.29 is 19.1 Å². The van der Waals surface area contributed by atoms with Crippen LogP contribution in [0, 0.1) is 6.92 Å². The van der Waals surface area contributed by atoms with E-state index in [9.17, 15) is 9.59 Å². The summed E-state index contributed by atoms with van der Waals surface area (Å²) >= 11 is 0. The van der Waals surface area contributed by atoms with Crippen LogP contribution >= 0.6 is 0 Å². The van der Waals surface area contributed by atoms with Crippen molar-refractivity contribution in [1.29, 1.82) is 0 Å². The molecule has 0 aliphatic heterocycles. The number of carbonyl (C=O) groups is 2. The minimum absolute atomic E-state index is 0.00132. The van der Waals surface area contributed by atoms with Gasteiger partial charge in [0.15, 0.2) is 0 Å². The van der Waals surface area contributed by atoms with Crippen LogP contribution in [0.1, 0.15) is 18.1 Å². The Hall–Kier alpha value is -2.24. The lowest BCUT2D eigenvalue weighted by molar-refractivity contribution is 0.0817. The fourth-order valence-electron chi connectivity index (χ4n) is 1.63. The molecule has 1 aromatic rings. The Morgan fingerprint density at radius 3 is 1.84 bits per heavy atom. The third-order valence-corrected chi connectivity index (χ3v) is 2.81. The van der Waals surface area contributed by atoms with Crippen molar-refractivity contribution in [2.24, 2.45) is 11.5 Å². The lowest BCUT2D eigenvalue weighted by atomic mass is 9.84. The van der Waals surface area contributed by atoms with E-state index in [0.29, 0.717) is 0 Å². The maximum absolute atomic E-state index is 10.7. The molecule has 1 aromatic carbocycles. The van der Waals surface area contributed by atoms with Crippen molar-refractivity contribution >= 4 is 12.2 Å². The summed E-state index contributed by atoms with van der Waals surface area (Å²) in [5, 5.41) is 0. The first kappa shape index (κ1) is 14.8. The summed E-state index contributed by atoms with van der Waals surface area (Å²) in [5.41, 5.74) is 11.2. The molecule has 4 N–H and O–H groups in total. The second-order valence-electron chi connectivity index (χ2n) is 4.64. The van der Waals surface area contributed by atoms with E-state index in [4.69, 9.17) is 20.9 Å². The normalized spacial score (nSPS) is 10.8. The van der Waals surface area contributed by atoms with Gasteiger partial charge >= 0.3 is 12.2 Å². The smallest absolute Gasteiger partial charge is 0.404 e. The van der Waals surface area contributed by atoms with Gasteiger partial charge in [0, 0.05) is 0 Å². The van der Waals surface area contributed by atoms with Gasteiger partial charge in [0.05, 0.1) is 5.41 Å². The largest absolute Gasteiger partial charge is 0.449 e. The van der Waals surface area contributed by atoms with Gasteiger partial charge in [-0.05, 0) is 19.4 Å². The predicted molar refractivity (Wildman–Crippen MR) is 69.6 cm³/mol. The first-order chi connectivity index (χ1) is 8.83. The van der Waals surface area contributed by atoms with Crippen molar-refractivity contribution in [2.45, 2.75) is 19.3 Å². The quantitative estimate of drug-likeness (QED) is 0.841. The van der Waals surface area contributed by atoms with Gasteiger partial charge in [0.2, 0.25) is 0 Å². The number of hydrogen-bond acceptors (Lipinski definition) is 4. The number of benzene rings is 1. The average Bonchev–Trinajstić information content (AvgIpc) is 2.35. The van der Waals surface area contributed by atoms with Crippen LogP contribution in [0.25, 0.3) is 0 Å². The highest BCUT2D eigenvalue weighted by atomic mass is 16.6. The fourth-order valence-corrected chi connectivity index (χ4v) is 1.63. The topological polar surface area (TPSA) is 105 Å². The second-order valence-corrected chi connectivity index (χ2v) is 4.64. The Bertz CT molecular complexity index is 438. The summed E-state index contributed by atoms with van der Waals surface area (Å²) in [6.45, 7) is 3.75. The molecule has 0 atom stereocenters. The summed E-state index contributed by atoms with van der Waals surface area (Å²) in [7, 11) is 0. The number of ether oxygens (including phenoxy) is 2. The van der Waals surface area contributed by atoms with Crippen LogP contribution in [0.4, 0.5) is 9.59 Å². The van der Waals surface area contributed by atoms with E-state index in [1.165, 1.54) is 0 Å². The second kappa shape index (κ2) is 6.08. The van der Waals surface area contributed by atoms with Gasteiger partial charge in [-0.25, -0.2) is 9.59 Å². The molecule has 0 saturated heterocycles. The Balaban J connectivity index is 2.92. The van der Waals surface area contributed by atoms with E-state index in [1.807, 2.05) is 31.2 Å². The molecular weight excluding hydrogens is 248 g/mol. The minimum atomic E-state index is -0.877. The van der Waals surface area contributed by atoms with E-state index >= 15 is 0 Å². The zero-order valence-electron chi connectivity index (χ0n) is 11.0. The van der Waals surface area contributed by atoms with Crippen LogP contribution in [-0.4, -0.2) is 25.4 Å². The molecule has 0 aromatic heterocycles. The van der Waals surface area contributed by atoms with Gasteiger partial charge in [-0.1, -0.05) is 29.8 Å².